The van der Waals surface area contributed by atoms with Crippen LogP contribution in [0, 0.1) is 11.8 Å². The lowest BCUT2D eigenvalue weighted by atomic mass is 9.89. The minimum atomic E-state index is -1.60. The molecule has 0 bridgehead atoms. The van der Waals surface area contributed by atoms with Crippen molar-refractivity contribution < 1.29 is 12.3 Å². The lowest BCUT2D eigenvalue weighted by Crippen LogP contribution is -2.18. The van der Waals surface area contributed by atoms with E-state index in [1.807, 2.05) is 6.92 Å². The van der Waals surface area contributed by atoms with Gasteiger partial charge in [-0.05, 0) is 12.8 Å². The molecule has 1 fully saturated rings. The number of carbonyl (C=O) groups excluding carboxylic acids is 1. The lowest BCUT2D eigenvalue weighted by molar-refractivity contribution is -0.141. The van der Waals surface area contributed by atoms with Crippen molar-refractivity contribution in [3.8, 4) is 0 Å². The van der Waals surface area contributed by atoms with Crippen molar-refractivity contribution in [3.63, 3.8) is 0 Å². The molecule has 1 aliphatic rings. The molecule has 0 saturated carbocycles. The molecule has 1 aromatic heterocycles. The van der Waals surface area contributed by atoms with Crippen molar-refractivity contribution in [1.29, 1.82) is 0 Å². The van der Waals surface area contributed by atoms with Crippen LogP contribution in [0.2, 0.25) is 0 Å². The number of imidazole rings is 1. The van der Waals surface area contributed by atoms with Gasteiger partial charge in [0.05, 0.1) is 18.9 Å². The third-order valence-corrected chi connectivity index (χ3v) is 2.78. The van der Waals surface area contributed by atoms with E-state index in [4.69, 9.17) is 7.48 Å². The molecule has 0 N–H and O–H groups in total. The summed E-state index contributed by atoms with van der Waals surface area (Å²) in [5.41, 5.74) is 0.485. The third kappa shape index (κ3) is 1.89. The third-order valence-electron chi connectivity index (χ3n) is 2.78. The molecule has 82 valence electrons. The van der Waals surface area contributed by atoms with Gasteiger partial charge in [-0.15, -0.1) is 0 Å². The molecule has 0 radical (unpaired) electrons. The maximum Gasteiger partial charge on any atom is 0.309 e. The van der Waals surface area contributed by atoms with E-state index < -0.39 is 12.3 Å². The first-order valence-corrected chi connectivity index (χ1v) is 5.12. The molecule has 4 nitrogen and oxygen atoms in total. The van der Waals surface area contributed by atoms with Crippen LogP contribution in [0.1, 0.15) is 21.8 Å². The minimum Gasteiger partial charge on any atom is -0.465 e. The number of carbonyl (C=O) groups is 1. The van der Waals surface area contributed by atoms with Gasteiger partial charge in [-0.1, -0.05) is 6.92 Å². The highest BCUT2D eigenvalue weighted by Crippen LogP contribution is 2.27. The normalized spacial score (nSPS) is 28.5. The largest absolute Gasteiger partial charge is 0.465 e. The van der Waals surface area contributed by atoms with E-state index in [2.05, 4.69) is 4.98 Å². The van der Waals surface area contributed by atoms with Crippen LogP contribution < -0.4 is 0 Å². The van der Waals surface area contributed by atoms with Crippen molar-refractivity contribution >= 4 is 5.97 Å². The number of aryl methyl sites for hydroxylation is 1. The first-order chi connectivity index (χ1) is 7.98. The van der Waals surface area contributed by atoms with Gasteiger partial charge < -0.3 is 9.30 Å². The Morgan fingerprint density at radius 3 is 3.20 bits per heavy atom. The maximum absolute atomic E-state index is 11.5. The quantitative estimate of drug-likeness (QED) is 0.703. The fourth-order valence-electron chi connectivity index (χ4n) is 1.84. The van der Waals surface area contributed by atoms with Crippen LogP contribution in [0.4, 0.5) is 0 Å². The molecule has 2 rings (SSSR count). The van der Waals surface area contributed by atoms with E-state index in [1.165, 1.54) is 6.20 Å². The van der Waals surface area contributed by atoms with Crippen LogP contribution >= 0.6 is 0 Å². The molecule has 15 heavy (non-hydrogen) atoms. The number of ether oxygens (including phenoxy) is 1. The molecule has 1 saturated heterocycles. The standard InChI is InChI=1S/C11H16N2O2/c1-3-10-8(6-15-11(10)14)4-9-5-12-7-13(9)2/h5,7-8,10H,3-4,6H2,1-2H3/t8-,10-/m0/s1/i4D2. The Kier molecular flexibility index (Phi) is 2.13. The highest BCUT2D eigenvalue weighted by Gasteiger charge is 2.35. The van der Waals surface area contributed by atoms with Crippen molar-refractivity contribution in [2.45, 2.75) is 19.7 Å². The molecular weight excluding hydrogens is 192 g/mol. The summed E-state index contributed by atoms with van der Waals surface area (Å²) in [6, 6.07) is 0. The summed E-state index contributed by atoms with van der Waals surface area (Å²) in [6.45, 7) is 2.03. The second-order valence-electron chi connectivity index (χ2n) is 3.79. The van der Waals surface area contributed by atoms with Crippen molar-refractivity contribution in [1.82, 2.24) is 9.55 Å². The van der Waals surface area contributed by atoms with Gasteiger partial charge in [-0.25, -0.2) is 4.98 Å². The van der Waals surface area contributed by atoms with Gasteiger partial charge in [0.1, 0.15) is 0 Å². The number of rotatable bonds is 3. The zero-order valence-electron chi connectivity index (χ0n) is 10.9. The van der Waals surface area contributed by atoms with Crippen LogP contribution in [-0.4, -0.2) is 22.1 Å². The van der Waals surface area contributed by atoms with Crippen molar-refractivity contribution in [2.75, 3.05) is 6.61 Å². The summed E-state index contributed by atoms with van der Waals surface area (Å²) in [5, 5.41) is 0. The number of esters is 1. The van der Waals surface area contributed by atoms with Gasteiger partial charge in [0.15, 0.2) is 0 Å². The molecule has 4 heteroatoms. The minimum absolute atomic E-state index is 0.148. The Bertz CT molecular complexity index is 431. The highest BCUT2D eigenvalue weighted by molar-refractivity contribution is 5.74. The smallest absolute Gasteiger partial charge is 0.309 e. The molecule has 1 aliphatic heterocycles. The van der Waals surface area contributed by atoms with Crippen LogP contribution in [0.25, 0.3) is 0 Å². The predicted octanol–water partition coefficient (Wildman–Crippen LogP) is 1.16. The van der Waals surface area contributed by atoms with E-state index in [1.54, 1.807) is 17.9 Å². The highest BCUT2D eigenvalue weighted by atomic mass is 16.5. The van der Waals surface area contributed by atoms with Crippen LogP contribution in [0.5, 0.6) is 0 Å². The topological polar surface area (TPSA) is 44.1 Å². The number of hydrogen-bond acceptors (Lipinski definition) is 3. The fraction of sp³-hybridized carbons (Fsp3) is 0.636. The van der Waals surface area contributed by atoms with E-state index in [0.717, 1.165) is 0 Å². The van der Waals surface area contributed by atoms with E-state index in [-0.39, 0.29) is 18.5 Å². The second kappa shape index (κ2) is 4.04. The summed E-state index contributed by atoms with van der Waals surface area (Å²) in [4.78, 5) is 15.4. The molecule has 2 heterocycles. The number of nitrogens with zero attached hydrogens (tertiary/aromatic N) is 2. The molecular formula is C11H16N2O2. The first-order valence-electron chi connectivity index (χ1n) is 6.12. The molecule has 0 spiro atoms. The summed E-state index contributed by atoms with van der Waals surface area (Å²) >= 11 is 0. The predicted molar refractivity (Wildman–Crippen MR) is 55.1 cm³/mol. The Morgan fingerprint density at radius 1 is 1.80 bits per heavy atom. The Balaban J connectivity index is 2.33. The van der Waals surface area contributed by atoms with Gasteiger partial charge in [-0.3, -0.25) is 4.79 Å². The first kappa shape index (κ1) is 7.91. The van der Waals surface area contributed by atoms with E-state index in [9.17, 15) is 4.79 Å². The number of cyclic esters (lactones) is 1. The molecule has 0 aromatic carbocycles. The van der Waals surface area contributed by atoms with Gasteiger partial charge in [0.25, 0.3) is 0 Å². The molecule has 0 amide bonds. The lowest BCUT2D eigenvalue weighted by Gasteiger charge is -2.12. The van der Waals surface area contributed by atoms with Gasteiger partial charge >= 0.3 is 5.97 Å². The zero-order valence-corrected chi connectivity index (χ0v) is 8.93. The van der Waals surface area contributed by atoms with Gasteiger partial charge in [0.2, 0.25) is 0 Å². The SMILES string of the molecule is [2H]C([2H])(c1cncn1C)[C@H]1COC(=O)[C@H]1CC. The Labute approximate surface area is 92.1 Å². The second-order valence-corrected chi connectivity index (χ2v) is 3.79. The monoisotopic (exact) mass is 210 g/mol. The molecule has 1 aromatic rings. The molecule has 0 unspecified atom stereocenters. The van der Waals surface area contributed by atoms with Crippen LogP contribution in [0.15, 0.2) is 12.5 Å². The summed E-state index contributed by atoms with van der Waals surface area (Å²) in [6.07, 6.45) is 2.07. The number of aromatic nitrogens is 2. The summed E-state index contributed by atoms with van der Waals surface area (Å²) < 4.78 is 23.1. The summed E-state index contributed by atoms with van der Waals surface area (Å²) in [7, 11) is 1.75. The van der Waals surface area contributed by atoms with Crippen LogP contribution in [-0.2, 0) is 23.0 Å². The molecule has 2 atom stereocenters. The average molecular weight is 210 g/mol. The van der Waals surface area contributed by atoms with Crippen LogP contribution in [0.3, 0.4) is 0 Å². The maximum atomic E-state index is 11.5. The fourth-order valence-corrected chi connectivity index (χ4v) is 1.84. The van der Waals surface area contributed by atoms with E-state index >= 15 is 0 Å². The number of hydrogen-bond donors (Lipinski definition) is 0. The van der Waals surface area contributed by atoms with Gasteiger partial charge in [0, 0.05) is 27.6 Å². The van der Waals surface area contributed by atoms with Crippen molar-refractivity contribution in [2.24, 2.45) is 18.9 Å². The van der Waals surface area contributed by atoms with E-state index in [0.29, 0.717) is 12.1 Å². The van der Waals surface area contributed by atoms with Crippen molar-refractivity contribution in [3.05, 3.63) is 18.2 Å². The zero-order chi connectivity index (χ0) is 12.6. The average Bonchev–Trinajstić information content (AvgIpc) is 2.84. The molecule has 0 aliphatic carbocycles. The Hall–Kier alpha value is -1.32. The Morgan fingerprint density at radius 2 is 2.60 bits per heavy atom. The van der Waals surface area contributed by atoms with Gasteiger partial charge in [-0.2, -0.15) is 0 Å². The summed E-state index contributed by atoms with van der Waals surface area (Å²) in [5.74, 6) is -1.08.